The van der Waals surface area contributed by atoms with Crippen molar-refractivity contribution in [3.63, 3.8) is 0 Å². The molecule has 1 N–H and O–H groups in total. The van der Waals surface area contributed by atoms with Gasteiger partial charge in [-0.25, -0.2) is 9.78 Å². The van der Waals surface area contributed by atoms with E-state index in [9.17, 15) is 9.59 Å². The average Bonchev–Trinajstić information content (AvgIpc) is 2.67. The van der Waals surface area contributed by atoms with Gasteiger partial charge in [-0.3, -0.25) is 14.1 Å². The van der Waals surface area contributed by atoms with E-state index < -0.39 is 6.09 Å². The van der Waals surface area contributed by atoms with E-state index in [1.165, 1.54) is 15.7 Å². The monoisotopic (exact) mass is 331 g/mol. The molecule has 0 aromatic carbocycles. The number of halogens is 1. The molecular formula is C10H10BrN3O3S. The summed E-state index contributed by atoms with van der Waals surface area (Å²) in [4.78, 5) is 29.0. The maximum Gasteiger partial charge on any atom is 0.413 e. The summed E-state index contributed by atoms with van der Waals surface area (Å²) in [6.07, 6.45) is -1.14. The molecule has 2 aromatic rings. The number of aryl methyl sites for hydroxylation is 1. The molecular weight excluding hydrogens is 322 g/mol. The lowest BCUT2D eigenvalue weighted by molar-refractivity contribution is 0.202. The number of aromatic nitrogens is 2. The number of anilines is 1. The Morgan fingerprint density at radius 3 is 2.89 bits per heavy atom. The number of amides is 1. The van der Waals surface area contributed by atoms with Crippen molar-refractivity contribution < 1.29 is 9.90 Å². The van der Waals surface area contributed by atoms with Crippen LogP contribution in [0.15, 0.2) is 14.6 Å². The van der Waals surface area contributed by atoms with Crippen LogP contribution in [0.4, 0.5) is 10.6 Å². The Labute approximate surface area is 115 Å². The van der Waals surface area contributed by atoms with E-state index in [0.717, 1.165) is 10.6 Å². The van der Waals surface area contributed by atoms with Crippen LogP contribution in [0.5, 0.6) is 0 Å². The van der Waals surface area contributed by atoms with E-state index in [1.54, 1.807) is 19.2 Å². The van der Waals surface area contributed by atoms with Crippen LogP contribution in [-0.2, 0) is 0 Å². The molecule has 8 heteroatoms. The van der Waals surface area contributed by atoms with Gasteiger partial charge in [0.15, 0.2) is 10.8 Å². The Hall–Kier alpha value is -1.41. The Morgan fingerprint density at radius 1 is 1.67 bits per heavy atom. The Bertz CT molecular complexity index is 679. The highest BCUT2D eigenvalue weighted by atomic mass is 79.9. The fraction of sp³-hybridized carbons (Fsp3) is 0.300. The zero-order valence-electron chi connectivity index (χ0n) is 9.68. The maximum atomic E-state index is 12.1. The van der Waals surface area contributed by atoms with Crippen LogP contribution in [0, 0.1) is 6.92 Å². The molecule has 0 unspecified atom stereocenters. The Kier molecular flexibility index (Phi) is 3.40. The summed E-state index contributed by atoms with van der Waals surface area (Å²) in [5.74, 6) is 0.136. The smallest absolute Gasteiger partial charge is 0.413 e. The summed E-state index contributed by atoms with van der Waals surface area (Å²) in [6.45, 7) is 3.71. The van der Waals surface area contributed by atoms with Crippen LogP contribution < -0.4 is 10.5 Å². The molecule has 6 nitrogen and oxygen atoms in total. The summed E-state index contributed by atoms with van der Waals surface area (Å²) in [7, 11) is 0. The van der Waals surface area contributed by atoms with Crippen molar-refractivity contribution in [2.75, 3.05) is 11.4 Å². The van der Waals surface area contributed by atoms with Gasteiger partial charge in [-0.1, -0.05) is 0 Å². The van der Waals surface area contributed by atoms with Crippen LogP contribution >= 0.6 is 27.3 Å². The number of rotatable bonds is 2. The van der Waals surface area contributed by atoms with Gasteiger partial charge in [-0.05, 0) is 29.8 Å². The van der Waals surface area contributed by atoms with Gasteiger partial charge < -0.3 is 5.11 Å². The molecule has 2 aromatic heterocycles. The molecule has 1 amide bonds. The van der Waals surface area contributed by atoms with Crippen LogP contribution in [0.1, 0.15) is 12.6 Å². The predicted octanol–water partition coefficient (Wildman–Crippen LogP) is 2.33. The lowest BCUT2D eigenvalue weighted by Gasteiger charge is -2.16. The minimum atomic E-state index is -1.14. The zero-order chi connectivity index (χ0) is 13.4. The third-order valence-electron chi connectivity index (χ3n) is 2.47. The van der Waals surface area contributed by atoms with Crippen molar-refractivity contribution in [2.24, 2.45) is 0 Å². The van der Waals surface area contributed by atoms with Gasteiger partial charge in [0.25, 0.3) is 5.56 Å². The van der Waals surface area contributed by atoms with Gasteiger partial charge in [0.2, 0.25) is 0 Å². The molecule has 0 fully saturated rings. The summed E-state index contributed by atoms with van der Waals surface area (Å²) >= 11 is 4.44. The van der Waals surface area contributed by atoms with E-state index in [1.807, 2.05) is 0 Å². The summed E-state index contributed by atoms with van der Waals surface area (Å²) in [5.41, 5.74) is 0.478. The summed E-state index contributed by atoms with van der Waals surface area (Å²) < 4.78 is 1.61. The molecule has 0 atom stereocenters. The second-order valence-electron chi connectivity index (χ2n) is 3.58. The van der Waals surface area contributed by atoms with E-state index >= 15 is 0 Å². The number of hydrogen-bond acceptors (Lipinski definition) is 4. The van der Waals surface area contributed by atoms with Crippen LogP contribution in [0.3, 0.4) is 0 Å². The lowest BCUT2D eigenvalue weighted by atomic mass is 10.4. The van der Waals surface area contributed by atoms with Crippen LogP contribution in [0.25, 0.3) is 4.96 Å². The predicted molar refractivity (Wildman–Crippen MR) is 72.8 cm³/mol. The molecule has 96 valence electrons. The Balaban J connectivity index is 2.77. The van der Waals surface area contributed by atoms with Crippen molar-refractivity contribution in [1.29, 1.82) is 0 Å². The minimum Gasteiger partial charge on any atom is -0.465 e. The lowest BCUT2D eigenvalue weighted by Crippen LogP contribution is -2.32. The molecule has 0 spiro atoms. The molecule has 0 aliphatic rings. The van der Waals surface area contributed by atoms with Crippen molar-refractivity contribution in [3.05, 3.63) is 25.9 Å². The fourth-order valence-corrected chi connectivity index (χ4v) is 2.94. The van der Waals surface area contributed by atoms with Gasteiger partial charge in [-0.15, -0.1) is 11.3 Å². The van der Waals surface area contributed by atoms with Gasteiger partial charge in [0, 0.05) is 17.6 Å². The molecule has 0 bridgehead atoms. The summed E-state index contributed by atoms with van der Waals surface area (Å²) in [6, 6.07) is 0. The Morgan fingerprint density at radius 2 is 2.33 bits per heavy atom. The fourth-order valence-electron chi connectivity index (χ4n) is 1.61. The van der Waals surface area contributed by atoms with Crippen LogP contribution in [0.2, 0.25) is 0 Å². The van der Waals surface area contributed by atoms with E-state index in [2.05, 4.69) is 20.9 Å². The van der Waals surface area contributed by atoms with E-state index in [-0.39, 0.29) is 22.4 Å². The van der Waals surface area contributed by atoms with Crippen molar-refractivity contribution in [1.82, 2.24) is 9.38 Å². The highest BCUT2D eigenvalue weighted by Crippen LogP contribution is 2.23. The molecule has 2 heterocycles. The number of thiazole rings is 1. The van der Waals surface area contributed by atoms with E-state index in [4.69, 9.17) is 5.11 Å². The second kappa shape index (κ2) is 4.69. The number of fused-ring (bicyclic) bond motifs is 1. The van der Waals surface area contributed by atoms with Gasteiger partial charge in [0.1, 0.15) is 4.47 Å². The zero-order valence-corrected chi connectivity index (χ0v) is 12.1. The third kappa shape index (κ3) is 1.91. The van der Waals surface area contributed by atoms with Crippen molar-refractivity contribution in [3.8, 4) is 0 Å². The SMILES string of the molecule is CCN(C(=O)O)c1nc2scc(C)n2c(=O)c1Br. The number of hydrogen-bond donors (Lipinski definition) is 1. The number of nitrogens with zero attached hydrogens (tertiary/aromatic N) is 3. The van der Waals surface area contributed by atoms with Crippen molar-refractivity contribution in [2.45, 2.75) is 13.8 Å². The standard InChI is InChI=1S/C10H10BrN3O3S/c1-3-13(10(16)17)7-6(11)8(15)14-5(2)4-18-9(14)12-7/h4H,3H2,1-2H3,(H,16,17). The first-order chi connectivity index (χ1) is 8.47. The molecule has 0 aliphatic heterocycles. The van der Waals surface area contributed by atoms with Crippen molar-refractivity contribution >= 4 is 44.1 Å². The average molecular weight is 332 g/mol. The van der Waals surface area contributed by atoms with Crippen LogP contribution in [-0.4, -0.2) is 27.1 Å². The maximum absolute atomic E-state index is 12.1. The van der Waals surface area contributed by atoms with Gasteiger partial charge >= 0.3 is 6.09 Å². The molecule has 0 aliphatic carbocycles. The topological polar surface area (TPSA) is 74.9 Å². The van der Waals surface area contributed by atoms with Gasteiger partial charge in [-0.2, -0.15) is 0 Å². The molecule has 0 saturated heterocycles. The normalized spacial score (nSPS) is 10.8. The molecule has 18 heavy (non-hydrogen) atoms. The molecule has 0 radical (unpaired) electrons. The highest BCUT2D eigenvalue weighted by Gasteiger charge is 2.21. The summed E-state index contributed by atoms with van der Waals surface area (Å²) in [5, 5.41) is 10.9. The van der Waals surface area contributed by atoms with E-state index in [0.29, 0.717) is 4.96 Å². The highest BCUT2D eigenvalue weighted by molar-refractivity contribution is 9.10. The first-order valence-electron chi connectivity index (χ1n) is 5.14. The quantitative estimate of drug-likeness (QED) is 0.916. The number of carbonyl (C=O) groups is 1. The largest absolute Gasteiger partial charge is 0.465 e. The number of carboxylic acid groups (broad SMARTS) is 1. The van der Waals surface area contributed by atoms with Gasteiger partial charge in [0.05, 0.1) is 0 Å². The molecule has 0 saturated carbocycles. The minimum absolute atomic E-state index is 0.136. The first-order valence-corrected chi connectivity index (χ1v) is 6.81. The second-order valence-corrected chi connectivity index (χ2v) is 5.21. The molecule has 2 rings (SSSR count). The third-order valence-corrected chi connectivity index (χ3v) is 4.11. The first kappa shape index (κ1) is 13.0.